The Labute approximate surface area is 228 Å². The van der Waals surface area contributed by atoms with Crippen LogP contribution in [0.1, 0.15) is 66.2 Å². The summed E-state index contributed by atoms with van der Waals surface area (Å²) in [7, 11) is 0. The lowest BCUT2D eigenvalue weighted by atomic mass is 9.83. The number of allylic oxidation sites excluding steroid dienone is 1. The summed E-state index contributed by atoms with van der Waals surface area (Å²) in [6.07, 6.45) is 0.127. The van der Waals surface area contributed by atoms with Gasteiger partial charge in [0.25, 0.3) is 5.91 Å². The lowest BCUT2D eigenvalue weighted by Gasteiger charge is -2.34. The highest BCUT2D eigenvalue weighted by molar-refractivity contribution is 6.30. The first-order chi connectivity index (χ1) is 18.3. The summed E-state index contributed by atoms with van der Waals surface area (Å²) in [5.74, 6) is -1.17. The van der Waals surface area contributed by atoms with Crippen LogP contribution in [0.5, 0.6) is 0 Å². The van der Waals surface area contributed by atoms with Crippen LogP contribution in [0.2, 0.25) is 5.02 Å². The number of esters is 1. The summed E-state index contributed by atoms with van der Waals surface area (Å²) in [5.41, 5.74) is 4.13. The highest BCUT2D eigenvalue weighted by Crippen LogP contribution is 2.38. The number of hydrogen-bond acceptors (Lipinski definition) is 4. The van der Waals surface area contributed by atoms with Crippen molar-refractivity contribution >= 4 is 29.4 Å². The normalized spacial score (nSPS) is 16.3. The van der Waals surface area contributed by atoms with E-state index in [4.69, 9.17) is 16.3 Å². The zero-order chi connectivity index (χ0) is 27.2. The van der Waals surface area contributed by atoms with Crippen LogP contribution in [0.4, 0.5) is 0 Å². The van der Waals surface area contributed by atoms with Gasteiger partial charge in [0.15, 0.2) is 0 Å². The van der Waals surface area contributed by atoms with Crippen molar-refractivity contribution in [2.24, 2.45) is 0 Å². The number of carbonyl (C=O) groups is 3. The Morgan fingerprint density at radius 2 is 1.76 bits per heavy atom. The third-order valence-corrected chi connectivity index (χ3v) is 7.02. The summed E-state index contributed by atoms with van der Waals surface area (Å²) < 4.78 is 5.37. The molecule has 4 rings (SSSR count). The summed E-state index contributed by atoms with van der Waals surface area (Å²) in [4.78, 5) is 40.9. The molecule has 1 aliphatic rings. The van der Waals surface area contributed by atoms with Gasteiger partial charge in [0.2, 0.25) is 5.91 Å². The molecule has 0 spiro atoms. The van der Waals surface area contributed by atoms with Crippen LogP contribution >= 0.6 is 11.6 Å². The first-order valence-corrected chi connectivity index (χ1v) is 13.0. The molecule has 0 bridgehead atoms. The predicted octanol–water partition coefficient (Wildman–Crippen LogP) is 6.18. The quantitative estimate of drug-likeness (QED) is 0.353. The van der Waals surface area contributed by atoms with E-state index in [2.05, 4.69) is 5.32 Å². The Morgan fingerprint density at radius 3 is 2.45 bits per heavy atom. The van der Waals surface area contributed by atoms with Gasteiger partial charge in [-0.25, -0.2) is 4.79 Å². The molecular formula is C31H31ClN2O4. The van der Waals surface area contributed by atoms with E-state index in [1.165, 1.54) is 0 Å². The monoisotopic (exact) mass is 530 g/mol. The number of rotatable bonds is 8. The van der Waals surface area contributed by atoms with Gasteiger partial charge >= 0.3 is 5.97 Å². The van der Waals surface area contributed by atoms with Gasteiger partial charge in [0.05, 0.1) is 24.8 Å². The molecule has 1 aliphatic heterocycles. The van der Waals surface area contributed by atoms with Gasteiger partial charge in [-0.2, -0.15) is 0 Å². The standard InChI is InChI=1S/C31H31ClN2O4/c1-4-38-31(37)29-21(3)34(28(35)18-27(29)24-13-15-26(32)16-14-24)19-22-9-8-12-25(17-22)30(36)33-20(2)23-10-6-5-7-11-23/h5-17,20,27H,4,18-19H2,1-3H3,(H,33,36). The van der Waals surface area contributed by atoms with Crippen LogP contribution in [0.25, 0.3) is 0 Å². The molecule has 3 aromatic carbocycles. The van der Waals surface area contributed by atoms with E-state index in [9.17, 15) is 14.4 Å². The molecule has 0 radical (unpaired) electrons. The molecule has 6 nitrogen and oxygen atoms in total. The Bertz CT molecular complexity index is 1350. The van der Waals surface area contributed by atoms with Gasteiger partial charge in [0.1, 0.15) is 0 Å². The van der Waals surface area contributed by atoms with Gasteiger partial charge in [-0.3, -0.25) is 9.59 Å². The molecule has 0 aliphatic carbocycles. The minimum atomic E-state index is -0.439. The number of nitrogens with one attached hydrogen (secondary N) is 1. The van der Waals surface area contributed by atoms with Gasteiger partial charge in [-0.05, 0) is 61.7 Å². The Balaban J connectivity index is 1.58. The van der Waals surface area contributed by atoms with Gasteiger partial charge < -0.3 is 15.0 Å². The smallest absolute Gasteiger partial charge is 0.336 e. The molecule has 7 heteroatoms. The summed E-state index contributed by atoms with van der Waals surface area (Å²) in [6.45, 7) is 5.92. The van der Waals surface area contributed by atoms with Crippen LogP contribution < -0.4 is 5.32 Å². The van der Waals surface area contributed by atoms with Crippen molar-refractivity contribution in [2.75, 3.05) is 6.61 Å². The van der Waals surface area contributed by atoms with Crippen molar-refractivity contribution in [1.29, 1.82) is 0 Å². The van der Waals surface area contributed by atoms with Crippen molar-refractivity contribution in [3.05, 3.63) is 117 Å². The zero-order valence-corrected chi connectivity index (χ0v) is 22.5. The zero-order valence-electron chi connectivity index (χ0n) is 21.7. The maximum Gasteiger partial charge on any atom is 0.336 e. The Kier molecular flexibility index (Phi) is 8.64. The number of halogens is 1. The fourth-order valence-corrected chi connectivity index (χ4v) is 4.88. The minimum absolute atomic E-state index is 0.108. The summed E-state index contributed by atoms with van der Waals surface area (Å²) in [5, 5.41) is 3.61. The number of benzene rings is 3. The van der Waals surface area contributed by atoms with E-state index in [0.717, 1.165) is 16.7 Å². The lowest BCUT2D eigenvalue weighted by Crippen LogP contribution is -2.38. The van der Waals surface area contributed by atoms with Crippen LogP contribution in [0.3, 0.4) is 0 Å². The maximum atomic E-state index is 13.3. The van der Waals surface area contributed by atoms with Crippen LogP contribution in [0, 0.1) is 0 Å². The second kappa shape index (κ2) is 12.1. The number of amides is 2. The number of carbonyl (C=O) groups excluding carboxylic acids is 3. The third-order valence-electron chi connectivity index (χ3n) is 6.77. The average Bonchev–Trinajstić information content (AvgIpc) is 2.92. The molecule has 2 amide bonds. The van der Waals surface area contributed by atoms with Gasteiger partial charge in [-0.1, -0.05) is 66.2 Å². The summed E-state index contributed by atoms with van der Waals surface area (Å²) in [6, 6.07) is 24.0. The van der Waals surface area contributed by atoms with Gasteiger partial charge in [-0.15, -0.1) is 0 Å². The lowest BCUT2D eigenvalue weighted by molar-refractivity contribution is -0.140. The van der Waals surface area contributed by atoms with Crippen LogP contribution in [0.15, 0.2) is 90.1 Å². The Hall–Kier alpha value is -3.90. The molecule has 0 fully saturated rings. The molecule has 1 N–H and O–H groups in total. The van der Waals surface area contributed by atoms with Crippen LogP contribution in [-0.2, 0) is 20.9 Å². The second-order valence-electron chi connectivity index (χ2n) is 9.31. The average molecular weight is 531 g/mol. The molecule has 1 heterocycles. The molecule has 2 atom stereocenters. The van der Waals surface area contributed by atoms with Crippen molar-refractivity contribution in [3.8, 4) is 0 Å². The molecule has 3 aromatic rings. The summed E-state index contributed by atoms with van der Waals surface area (Å²) >= 11 is 6.06. The minimum Gasteiger partial charge on any atom is -0.463 e. The van der Waals surface area contributed by atoms with E-state index in [1.54, 1.807) is 49.1 Å². The highest BCUT2D eigenvalue weighted by atomic mass is 35.5. The van der Waals surface area contributed by atoms with Crippen LogP contribution in [-0.4, -0.2) is 29.3 Å². The fraction of sp³-hybridized carbons (Fsp3) is 0.258. The van der Waals surface area contributed by atoms with E-state index < -0.39 is 11.9 Å². The highest BCUT2D eigenvalue weighted by Gasteiger charge is 2.37. The SMILES string of the molecule is CCOC(=O)C1=C(C)N(Cc2cccc(C(=O)NC(C)c3ccccc3)c2)C(=O)CC1c1ccc(Cl)cc1. The van der Waals surface area contributed by atoms with E-state index in [-0.39, 0.29) is 37.4 Å². The molecule has 2 unspecified atom stereocenters. The number of ether oxygens (including phenoxy) is 1. The van der Waals surface area contributed by atoms with Crippen molar-refractivity contribution in [2.45, 2.75) is 45.7 Å². The molecule has 38 heavy (non-hydrogen) atoms. The molecule has 0 saturated heterocycles. The first kappa shape index (κ1) is 27.1. The van der Waals surface area contributed by atoms with Crippen molar-refractivity contribution in [3.63, 3.8) is 0 Å². The van der Waals surface area contributed by atoms with E-state index in [1.807, 2.05) is 55.5 Å². The predicted molar refractivity (Wildman–Crippen MR) is 147 cm³/mol. The Morgan fingerprint density at radius 1 is 1.05 bits per heavy atom. The number of nitrogens with zero attached hydrogens (tertiary/aromatic N) is 1. The number of hydrogen-bond donors (Lipinski definition) is 1. The van der Waals surface area contributed by atoms with Gasteiger partial charge in [0, 0.05) is 28.6 Å². The first-order valence-electron chi connectivity index (χ1n) is 12.7. The third kappa shape index (κ3) is 6.14. The topological polar surface area (TPSA) is 75.7 Å². The maximum absolute atomic E-state index is 13.3. The van der Waals surface area contributed by atoms with Crippen molar-refractivity contribution < 1.29 is 19.1 Å². The molecular weight excluding hydrogens is 500 g/mol. The molecule has 196 valence electrons. The fourth-order valence-electron chi connectivity index (χ4n) is 4.76. The molecule has 0 saturated carbocycles. The second-order valence-corrected chi connectivity index (χ2v) is 9.75. The van der Waals surface area contributed by atoms with E-state index >= 15 is 0 Å². The molecule has 0 aromatic heterocycles. The van der Waals surface area contributed by atoms with Crippen molar-refractivity contribution in [1.82, 2.24) is 10.2 Å². The largest absolute Gasteiger partial charge is 0.463 e. The van der Waals surface area contributed by atoms with E-state index in [0.29, 0.717) is 21.9 Å².